The summed E-state index contributed by atoms with van der Waals surface area (Å²) in [4.78, 5) is 37.8. The minimum absolute atomic E-state index is 0.107. The lowest BCUT2D eigenvalue weighted by atomic mass is 9.88. The van der Waals surface area contributed by atoms with Crippen LogP contribution in [-0.4, -0.2) is 54.7 Å². The number of likely N-dealkylation sites (tertiary alicyclic amines) is 1. The molecule has 0 unspecified atom stereocenters. The lowest BCUT2D eigenvalue weighted by molar-refractivity contribution is -0.151. The van der Waals surface area contributed by atoms with Crippen molar-refractivity contribution in [2.24, 2.45) is 5.92 Å². The number of ether oxygens (including phenoxy) is 1. The number of carbonyl (C=O) groups is 3. The molecule has 1 aliphatic heterocycles. The average molecular weight is 373 g/mol. The number of methoxy groups -OCH3 is 1. The monoisotopic (exact) mass is 373 g/mol. The van der Waals surface area contributed by atoms with Crippen LogP contribution in [0.5, 0.6) is 0 Å². The molecule has 0 bridgehead atoms. The number of allylic oxidation sites excluding steroid dienone is 1. The van der Waals surface area contributed by atoms with Gasteiger partial charge in [0.15, 0.2) is 0 Å². The summed E-state index contributed by atoms with van der Waals surface area (Å²) in [5, 5.41) is 0. The van der Waals surface area contributed by atoms with Crippen LogP contribution < -0.4 is 0 Å². The van der Waals surface area contributed by atoms with Gasteiger partial charge >= 0.3 is 13.6 Å². The Bertz CT molecular complexity index is 592. The van der Waals surface area contributed by atoms with Gasteiger partial charge in [-0.3, -0.25) is 23.8 Å². The number of hydrogen-bond acceptors (Lipinski definition) is 7. The predicted molar refractivity (Wildman–Crippen MR) is 88.8 cm³/mol. The van der Waals surface area contributed by atoms with Gasteiger partial charge in [0, 0.05) is 12.8 Å². The van der Waals surface area contributed by atoms with Gasteiger partial charge in [-0.15, -0.1) is 0 Å². The van der Waals surface area contributed by atoms with Crippen molar-refractivity contribution in [1.29, 1.82) is 0 Å². The van der Waals surface area contributed by atoms with Crippen molar-refractivity contribution >= 4 is 25.4 Å². The van der Waals surface area contributed by atoms with Gasteiger partial charge in [-0.2, -0.15) is 0 Å². The molecule has 0 radical (unpaired) electrons. The zero-order chi connectivity index (χ0) is 18.6. The average Bonchev–Trinajstić information content (AvgIpc) is 2.92. The van der Waals surface area contributed by atoms with E-state index in [0.29, 0.717) is 0 Å². The van der Waals surface area contributed by atoms with Gasteiger partial charge in [0.2, 0.25) is 11.8 Å². The van der Waals surface area contributed by atoms with E-state index in [2.05, 4.69) is 0 Å². The Morgan fingerprint density at radius 2 is 1.76 bits per heavy atom. The number of nitrogens with zero attached hydrogens (tertiary/aromatic N) is 1. The van der Waals surface area contributed by atoms with Crippen LogP contribution in [0.4, 0.5) is 0 Å². The quantitative estimate of drug-likeness (QED) is 0.291. The maximum Gasteiger partial charge on any atom is 0.334 e. The third-order valence-electron chi connectivity index (χ3n) is 4.38. The topological polar surface area (TPSA) is 99.2 Å². The number of imide groups is 1. The zero-order valence-corrected chi connectivity index (χ0v) is 15.6. The maximum absolute atomic E-state index is 13.2. The third kappa shape index (κ3) is 3.86. The molecule has 2 aliphatic rings. The molecule has 9 heteroatoms. The molecule has 1 fully saturated rings. The van der Waals surface area contributed by atoms with E-state index in [9.17, 15) is 18.9 Å². The number of hydrogen-bond donors (Lipinski definition) is 0. The Morgan fingerprint density at radius 1 is 1.20 bits per heavy atom. The van der Waals surface area contributed by atoms with E-state index in [1.807, 2.05) is 0 Å². The van der Waals surface area contributed by atoms with Crippen molar-refractivity contribution in [2.75, 3.05) is 20.3 Å². The van der Waals surface area contributed by atoms with Gasteiger partial charge in [0.05, 0.1) is 37.9 Å². The minimum Gasteiger partial charge on any atom is -0.469 e. The van der Waals surface area contributed by atoms with Crippen LogP contribution in [0.3, 0.4) is 0 Å². The Labute approximate surface area is 147 Å². The molecule has 140 valence electrons. The summed E-state index contributed by atoms with van der Waals surface area (Å²) in [6.07, 6.45) is 3.82. The molecular weight excluding hydrogens is 349 g/mol. The standard InChI is InChI=1S/C16H24NO7P/c1-4-23-25(21,24-5-2)12-8-6-7-11(15(12)16(20)22-3)17-13(18)9-10-14(17)19/h6-7,11-12,15H,4-5,8-10H2,1-3H3/t11-,12-,15-/m1/s1. The molecule has 0 aromatic carbocycles. The number of esters is 1. The van der Waals surface area contributed by atoms with E-state index < -0.39 is 31.2 Å². The normalized spacial score (nSPS) is 27.0. The maximum atomic E-state index is 13.2. The van der Waals surface area contributed by atoms with Crippen LogP contribution in [0.2, 0.25) is 0 Å². The molecule has 8 nitrogen and oxygen atoms in total. The summed E-state index contributed by atoms with van der Waals surface area (Å²) >= 11 is 0. The lowest BCUT2D eigenvalue weighted by Crippen LogP contribution is -2.51. The van der Waals surface area contributed by atoms with Gasteiger partial charge < -0.3 is 13.8 Å². The fraction of sp³-hybridized carbons (Fsp3) is 0.688. The smallest absolute Gasteiger partial charge is 0.334 e. The molecule has 1 aliphatic carbocycles. The SMILES string of the molecule is CCOP(=O)(OCC)[C@@H]1CC=C[C@@H](N2C(=O)CCC2=O)[C@H]1C(=O)OC. The predicted octanol–water partition coefficient (Wildman–Crippen LogP) is 1.89. The summed E-state index contributed by atoms with van der Waals surface area (Å²) in [7, 11) is -2.42. The van der Waals surface area contributed by atoms with E-state index >= 15 is 0 Å². The molecule has 3 atom stereocenters. The number of carbonyl (C=O) groups excluding carboxylic acids is 3. The first kappa shape index (κ1) is 19.8. The van der Waals surface area contributed by atoms with E-state index in [0.717, 1.165) is 4.90 Å². The van der Waals surface area contributed by atoms with Crippen molar-refractivity contribution in [3.8, 4) is 0 Å². The molecule has 0 aromatic heterocycles. The molecule has 1 heterocycles. The Hall–Kier alpha value is -1.50. The van der Waals surface area contributed by atoms with E-state index in [4.69, 9.17) is 13.8 Å². The van der Waals surface area contributed by atoms with Crippen LogP contribution in [0.15, 0.2) is 12.2 Å². The summed E-state index contributed by atoms with van der Waals surface area (Å²) in [6, 6.07) is -0.845. The summed E-state index contributed by atoms with van der Waals surface area (Å²) < 4.78 is 28.9. The fourth-order valence-corrected chi connectivity index (χ4v) is 5.62. The number of rotatable bonds is 7. The van der Waals surface area contributed by atoms with Crippen molar-refractivity contribution in [2.45, 2.75) is 44.8 Å². The van der Waals surface area contributed by atoms with E-state index in [1.165, 1.54) is 7.11 Å². The highest BCUT2D eigenvalue weighted by Crippen LogP contribution is 2.59. The van der Waals surface area contributed by atoms with Gasteiger partial charge in [-0.25, -0.2) is 0 Å². The Balaban J connectivity index is 2.45. The molecule has 0 spiro atoms. The van der Waals surface area contributed by atoms with E-state index in [-0.39, 0.29) is 44.3 Å². The largest absolute Gasteiger partial charge is 0.469 e. The van der Waals surface area contributed by atoms with Crippen molar-refractivity contribution < 1.29 is 32.7 Å². The third-order valence-corrected chi connectivity index (χ3v) is 6.96. The first-order chi connectivity index (χ1) is 11.9. The van der Waals surface area contributed by atoms with Crippen LogP contribution in [0.1, 0.15) is 33.1 Å². The van der Waals surface area contributed by atoms with Crippen molar-refractivity contribution in [3.05, 3.63) is 12.2 Å². The first-order valence-electron chi connectivity index (χ1n) is 8.37. The summed E-state index contributed by atoms with van der Waals surface area (Å²) in [5.41, 5.74) is -0.823. The van der Waals surface area contributed by atoms with Crippen molar-refractivity contribution in [1.82, 2.24) is 4.90 Å². The van der Waals surface area contributed by atoms with Crippen molar-refractivity contribution in [3.63, 3.8) is 0 Å². The summed E-state index contributed by atoms with van der Waals surface area (Å²) in [6.45, 7) is 3.67. The second-order valence-corrected chi connectivity index (χ2v) is 8.06. The Morgan fingerprint density at radius 3 is 2.24 bits per heavy atom. The van der Waals surface area contributed by atoms with Crippen LogP contribution in [-0.2, 0) is 32.7 Å². The molecule has 25 heavy (non-hydrogen) atoms. The highest BCUT2D eigenvalue weighted by molar-refractivity contribution is 7.54. The first-order valence-corrected chi connectivity index (χ1v) is 9.99. The molecule has 2 amide bonds. The number of amides is 2. The highest BCUT2D eigenvalue weighted by Gasteiger charge is 2.52. The zero-order valence-electron chi connectivity index (χ0n) is 14.7. The van der Waals surface area contributed by atoms with Crippen LogP contribution in [0.25, 0.3) is 0 Å². The van der Waals surface area contributed by atoms with Crippen LogP contribution >= 0.6 is 7.60 Å². The van der Waals surface area contributed by atoms with Gasteiger partial charge in [0.25, 0.3) is 0 Å². The summed E-state index contributed by atoms with van der Waals surface area (Å²) in [5.74, 6) is -2.34. The highest BCUT2D eigenvalue weighted by atomic mass is 31.2. The lowest BCUT2D eigenvalue weighted by Gasteiger charge is -2.39. The van der Waals surface area contributed by atoms with Gasteiger partial charge in [-0.1, -0.05) is 12.2 Å². The van der Waals surface area contributed by atoms with Crippen LogP contribution in [0, 0.1) is 5.92 Å². The molecule has 0 saturated carbocycles. The second-order valence-electron chi connectivity index (χ2n) is 5.80. The Kier molecular flexibility index (Phi) is 6.54. The fourth-order valence-electron chi connectivity index (χ4n) is 3.37. The molecule has 1 saturated heterocycles. The second kappa shape index (κ2) is 8.25. The molecule has 0 aromatic rings. The molecule has 0 N–H and O–H groups in total. The van der Waals surface area contributed by atoms with Gasteiger partial charge in [0.1, 0.15) is 0 Å². The minimum atomic E-state index is -3.64. The molecular formula is C16H24NO7P. The van der Waals surface area contributed by atoms with Gasteiger partial charge in [-0.05, 0) is 20.3 Å². The molecule has 2 rings (SSSR count). The van der Waals surface area contributed by atoms with E-state index in [1.54, 1.807) is 26.0 Å².